The molecule has 7 heteroatoms. The summed E-state index contributed by atoms with van der Waals surface area (Å²) in [7, 11) is 1.33. The van der Waals surface area contributed by atoms with Crippen molar-refractivity contribution in [1.82, 2.24) is 10.2 Å². The zero-order valence-corrected chi connectivity index (χ0v) is 17.0. The number of carbonyl (C=O) groups is 3. The van der Waals surface area contributed by atoms with Crippen LogP contribution >= 0.6 is 0 Å². The van der Waals surface area contributed by atoms with Crippen LogP contribution in [0.15, 0.2) is 30.3 Å². The number of methoxy groups -OCH3 is 1. The number of hydrogen-bond donors (Lipinski definition) is 1. The minimum absolute atomic E-state index is 0.109. The lowest BCUT2D eigenvalue weighted by Crippen LogP contribution is -2.53. The molecule has 1 aliphatic carbocycles. The van der Waals surface area contributed by atoms with Crippen molar-refractivity contribution in [3.8, 4) is 0 Å². The number of nitrogens with zero attached hydrogens (tertiary/aromatic N) is 1. The first-order chi connectivity index (χ1) is 14.0. The van der Waals surface area contributed by atoms with E-state index in [1.165, 1.54) is 7.11 Å². The molecule has 29 heavy (non-hydrogen) atoms. The van der Waals surface area contributed by atoms with Gasteiger partial charge in [-0.3, -0.25) is 4.79 Å². The van der Waals surface area contributed by atoms with Gasteiger partial charge in [0.05, 0.1) is 19.1 Å². The molecule has 1 aliphatic heterocycles. The largest absolute Gasteiger partial charge is 0.459 e. The molecule has 1 heterocycles. The number of ether oxygens (including phenoxy) is 2. The molecule has 7 nitrogen and oxygen atoms in total. The Morgan fingerprint density at radius 3 is 2.52 bits per heavy atom. The van der Waals surface area contributed by atoms with Crippen LogP contribution in [0.25, 0.3) is 0 Å². The Morgan fingerprint density at radius 2 is 1.83 bits per heavy atom. The number of carbonyl (C=O) groups excluding carboxylic acids is 3. The highest BCUT2D eigenvalue weighted by atomic mass is 16.5. The minimum Gasteiger partial charge on any atom is -0.459 e. The van der Waals surface area contributed by atoms with Crippen molar-refractivity contribution in [2.24, 2.45) is 0 Å². The van der Waals surface area contributed by atoms with E-state index in [0.29, 0.717) is 13.0 Å². The van der Waals surface area contributed by atoms with E-state index in [1.54, 1.807) is 4.90 Å². The van der Waals surface area contributed by atoms with E-state index in [-0.39, 0.29) is 24.9 Å². The van der Waals surface area contributed by atoms with E-state index in [4.69, 9.17) is 9.47 Å². The summed E-state index contributed by atoms with van der Waals surface area (Å²) in [6.45, 7) is 0.740. The zero-order valence-electron chi connectivity index (χ0n) is 17.0. The number of benzene rings is 1. The summed E-state index contributed by atoms with van der Waals surface area (Å²) >= 11 is 0. The van der Waals surface area contributed by atoms with Gasteiger partial charge in [-0.25, -0.2) is 9.59 Å². The third kappa shape index (κ3) is 5.49. The molecule has 2 fully saturated rings. The third-order valence-corrected chi connectivity index (χ3v) is 5.92. The van der Waals surface area contributed by atoms with E-state index in [0.717, 1.165) is 44.1 Å². The first kappa shape index (κ1) is 21.1. The van der Waals surface area contributed by atoms with Gasteiger partial charge >= 0.3 is 12.1 Å². The Balaban J connectivity index is 1.62. The van der Waals surface area contributed by atoms with Gasteiger partial charge in [-0.05, 0) is 31.2 Å². The minimum atomic E-state index is -0.594. The molecular formula is C22H30N2O5. The average Bonchev–Trinajstić information content (AvgIpc) is 3.23. The normalized spacial score (nSPS) is 20.7. The molecule has 1 N–H and O–H groups in total. The first-order valence-corrected chi connectivity index (χ1v) is 10.4. The molecule has 1 aromatic rings. The van der Waals surface area contributed by atoms with Crippen LogP contribution in [0, 0.1) is 0 Å². The fourth-order valence-corrected chi connectivity index (χ4v) is 4.37. The highest BCUT2D eigenvalue weighted by molar-refractivity contribution is 5.86. The van der Waals surface area contributed by atoms with Crippen LogP contribution in [0.1, 0.15) is 56.9 Å². The predicted molar refractivity (Wildman–Crippen MR) is 107 cm³/mol. The van der Waals surface area contributed by atoms with Crippen LogP contribution in [-0.2, 0) is 25.7 Å². The van der Waals surface area contributed by atoms with Crippen LogP contribution in [-0.4, -0.2) is 48.1 Å². The van der Waals surface area contributed by atoms with Crippen molar-refractivity contribution in [3.05, 3.63) is 35.9 Å². The van der Waals surface area contributed by atoms with Crippen LogP contribution in [0.4, 0.5) is 4.79 Å². The van der Waals surface area contributed by atoms with E-state index in [9.17, 15) is 14.4 Å². The van der Waals surface area contributed by atoms with Gasteiger partial charge in [0.25, 0.3) is 0 Å². The quantitative estimate of drug-likeness (QED) is 0.739. The maximum Gasteiger partial charge on any atom is 0.407 e. The van der Waals surface area contributed by atoms with Crippen LogP contribution in [0.3, 0.4) is 0 Å². The lowest BCUT2D eigenvalue weighted by atomic mass is 9.79. The number of esters is 1. The highest BCUT2D eigenvalue weighted by Gasteiger charge is 2.41. The van der Waals surface area contributed by atoms with Crippen LogP contribution in [0.5, 0.6) is 0 Å². The summed E-state index contributed by atoms with van der Waals surface area (Å²) in [6, 6.07) is 8.95. The molecule has 0 bridgehead atoms. The van der Waals surface area contributed by atoms with Crippen molar-refractivity contribution in [3.63, 3.8) is 0 Å². The highest BCUT2D eigenvalue weighted by Crippen LogP contribution is 2.33. The van der Waals surface area contributed by atoms with Crippen LogP contribution < -0.4 is 5.32 Å². The van der Waals surface area contributed by atoms with Crippen LogP contribution in [0.2, 0.25) is 0 Å². The predicted octanol–water partition coefficient (Wildman–Crippen LogP) is 3.17. The molecule has 0 aromatic heterocycles. The summed E-state index contributed by atoms with van der Waals surface area (Å²) in [5.74, 6) is -0.471. The fourth-order valence-electron chi connectivity index (χ4n) is 4.37. The summed E-state index contributed by atoms with van der Waals surface area (Å²) < 4.78 is 10.2. The van der Waals surface area contributed by atoms with Gasteiger partial charge in [0.15, 0.2) is 0 Å². The van der Waals surface area contributed by atoms with Gasteiger partial charge in [-0.1, -0.05) is 49.6 Å². The number of alkyl carbamates (subject to hydrolysis) is 1. The molecule has 2 aliphatic rings. The van der Waals surface area contributed by atoms with Crippen molar-refractivity contribution < 1.29 is 23.9 Å². The summed E-state index contributed by atoms with van der Waals surface area (Å²) in [5, 5.41) is 2.90. The lowest BCUT2D eigenvalue weighted by molar-refractivity contribution is -0.155. The van der Waals surface area contributed by atoms with Crippen molar-refractivity contribution >= 4 is 18.0 Å². The average molecular weight is 402 g/mol. The summed E-state index contributed by atoms with van der Waals surface area (Å²) in [4.78, 5) is 39.2. The molecular weight excluding hydrogens is 372 g/mol. The summed E-state index contributed by atoms with van der Waals surface area (Å²) in [6.07, 6.45) is 5.54. The van der Waals surface area contributed by atoms with E-state index < -0.39 is 17.7 Å². The maximum atomic E-state index is 13.1. The molecule has 1 saturated carbocycles. The Kier molecular flexibility index (Phi) is 7.12. The zero-order chi connectivity index (χ0) is 20.7. The molecule has 3 rings (SSSR count). The fraction of sp³-hybridized carbons (Fsp3) is 0.591. The molecule has 1 atom stereocenters. The third-order valence-electron chi connectivity index (χ3n) is 5.92. The maximum absolute atomic E-state index is 13.1. The second-order valence-electron chi connectivity index (χ2n) is 7.97. The lowest BCUT2D eigenvalue weighted by Gasteiger charge is -2.38. The van der Waals surface area contributed by atoms with E-state index in [2.05, 4.69) is 5.32 Å². The van der Waals surface area contributed by atoms with Gasteiger partial charge in [-0.2, -0.15) is 0 Å². The molecule has 0 unspecified atom stereocenters. The number of rotatable bonds is 6. The smallest absolute Gasteiger partial charge is 0.407 e. The second-order valence-corrected chi connectivity index (χ2v) is 7.97. The monoisotopic (exact) mass is 402 g/mol. The van der Waals surface area contributed by atoms with Crippen molar-refractivity contribution in [2.45, 2.75) is 69.6 Å². The number of amides is 2. The number of hydrogen-bond acceptors (Lipinski definition) is 5. The topological polar surface area (TPSA) is 84.9 Å². The van der Waals surface area contributed by atoms with Crippen molar-refractivity contribution in [1.29, 1.82) is 0 Å². The molecule has 1 aromatic carbocycles. The van der Waals surface area contributed by atoms with Gasteiger partial charge in [0, 0.05) is 6.54 Å². The Morgan fingerprint density at radius 1 is 1.10 bits per heavy atom. The Hall–Kier alpha value is -2.57. The first-order valence-electron chi connectivity index (χ1n) is 10.4. The molecule has 2 amide bonds. The van der Waals surface area contributed by atoms with Gasteiger partial charge in [-0.15, -0.1) is 0 Å². The van der Waals surface area contributed by atoms with E-state index in [1.807, 2.05) is 30.3 Å². The standard InChI is InChI=1S/C22H30N2O5/c1-28-21(27)23-22(12-6-3-7-13-22)15-19(25)24-14-8-11-18(24)20(26)29-16-17-9-4-2-5-10-17/h2,4-5,9-10,18H,3,6-8,11-16H2,1H3,(H,23,27)/t18-/m0/s1. The van der Waals surface area contributed by atoms with Gasteiger partial charge in [0.2, 0.25) is 5.91 Å². The second kappa shape index (κ2) is 9.76. The van der Waals surface area contributed by atoms with E-state index >= 15 is 0 Å². The molecule has 158 valence electrons. The van der Waals surface area contributed by atoms with Gasteiger partial charge < -0.3 is 19.7 Å². The Labute approximate surface area is 171 Å². The number of likely N-dealkylation sites (tertiary alicyclic amines) is 1. The summed E-state index contributed by atoms with van der Waals surface area (Å²) in [5.41, 5.74) is 0.323. The SMILES string of the molecule is COC(=O)NC1(CC(=O)N2CCC[C@H]2C(=O)OCc2ccccc2)CCCCC1. The molecule has 1 saturated heterocycles. The molecule has 0 spiro atoms. The number of nitrogens with one attached hydrogen (secondary N) is 1. The van der Waals surface area contributed by atoms with Gasteiger partial charge in [0.1, 0.15) is 12.6 Å². The Bertz CT molecular complexity index is 715. The van der Waals surface area contributed by atoms with Crippen molar-refractivity contribution in [2.75, 3.05) is 13.7 Å². The molecule has 0 radical (unpaired) electrons.